The zero-order chi connectivity index (χ0) is 24.7. The van der Waals surface area contributed by atoms with Crippen molar-refractivity contribution in [2.24, 2.45) is 7.05 Å². The maximum absolute atomic E-state index is 11.8. The lowest BCUT2D eigenvalue weighted by atomic mass is 10.1. The van der Waals surface area contributed by atoms with E-state index in [9.17, 15) is 8.42 Å². The molecule has 0 amide bonds. The first-order valence-electron chi connectivity index (χ1n) is 12.1. The maximum Gasteiger partial charge on any atom is 0.175 e. The van der Waals surface area contributed by atoms with Crippen molar-refractivity contribution in [1.82, 2.24) is 14.5 Å². The number of aryl methyl sites for hydroxylation is 1. The van der Waals surface area contributed by atoms with Gasteiger partial charge in [0.25, 0.3) is 0 Å². The number of pyridine rings is 1. The van der Waals surface area contributed by atoms with Crippen LogP contribution < -0.4 is 4.90 Å². The van der Waals surface area contributed by atoms with Crippen molar-refractivity contribution in [2.75, 3.05) is 37.3 Å². The summed E-state index contributed by atoms with van der Waals surface area (Å²) in [4.78, 5) is 10.0. The van der Waals surface area contributed by atoms with Crippen LogP contribution in [0.1, 0.15) is 13.8 Å². The van der Waals surface area contributed by atoms with Crippen LogP contribution in [0.5, 0.6) is 0 Å². The van der Waals surface area contributed by atoms with E-state index in [2.05, 4.69) is 64.6 Å². The standard InChI is InChI=1S/C28H32N4O2S/c1-20(2)31-13-15-32(16-14-31)24-9-5-21(6-10-24)23-17-28-26(29-19-23)18-27(30(28)3)22-7-11-25(12-8-22)35(4,33)34/h5-12,17-20H,13-16H2,1-4H3. The first-order valence-corrected chi connectivity index (χ1v) is 14.0. The molecule has 1 saturated heterocycles. The Morgan fingerprint density at radius 3 is 2.06 bits per heavy atom. The third-order valence-corrected chi connectivity index (χ3v) is 8.21. The fourth-order valence-electron chi connectivity index (χ4n) is 4.87. The summed E-state index contributed by atoms with van der Waals surface area (Å²) in [5.74, 6) is 0. The highest BCUT2D eigenvalue weighted by Crippen LogP contribution is 2.31. The average Bonchev–Trinajstić information content (AvgIpc) is 3.19. The van der Waals surface area contributed by atoms with E-state index in [4.69, 9.17) is 4.98 Å². The number of hydrogen-bond donors (Lipinski definition) is 0. The average molecular weight is 489 g/mol. The number of anilines is 1. The van der Waals surface area contributed by atoms with Gasteiger partial charge in [-0.25, -0.2) is 8.42 Å². The smallest absolute Gasteiger partial charge is 0.175 e. The Kier molecular flexibility index (Phi) is 6.15. The molecule has 0 unspecified atom stereocenters. The first-order chi connectivity index (χ1) is 16.7. The molecule has 0 bridgehead atoms. The molecule has 0 saturated carbocycles. The van der Waals surface area contributed by atoms with Crippen LogP contribution in [0.15, 0.2) is 71.8 Å². The van der Waals surface area contributed by atoms with Gasteiger partial charge in [0.05, 0.1) is 21.6 Å². The van der Waals surface area contributed by atoms with E-state index in [1.807, 2.05) is 25.4 Å². The van der Waals surface area contributed by atoms with Gasteiger partial charge in [0, 0.05) is 63.0 Å². The first kappa shape index (κ1) is 23.6. The number of fused-ring (bicyclic) bond motifs is 1. The molecule has 0 spiro atoms. The number of piperazine rings is 1. The zero-order valence-electron chi connectivity index (χ0n) is 20.8. The topological polar surface area (TPSA) is 58.4 Å². The molecule has 2 aromatic carbocycles. The number of hydrogen-bond acceptors (Lipinski definition) is 5. The molecule has 1 aliphatic heterocycles. The molecular weight excluding hydrogens is 456 g/mol. The van der Waals surface area contributed by atoms with Crippen molar-refractivity contribution < 1.29 is 8.42 Å². The fraction of sp³-hybridized carbons (Fsp3) is 0.321. The highest BCUT2D eigenvalue weighted by molar-refractivity contribution is 7.90. The highest BCUT2D eigenvalue weighted by atomic mass is 32.2. The number of rotatable bonds is 5. The minimum atomic E-state index is -3.21. The molecule has 0 radical (unpaired) electrons. The Morgan fingerprint density at radius 2 is 1.46 bits per heavy atom. The van der Waals surface area contributed by atoms with Gasteiger partial charge in [-0.1, -0.05) is 24.3 Å². The summed E-state index contributed by atoms with van der Waals surface area (Å²) in [5, 5.41) is 0. The summed E-state index contributed by atoms with van der Waals surface area (Å²) in [6.07, 6.45) is 3.15. The minimum Gasteiger partial charge on any atom is -0.369 e. The number of benzene rings is 2. The van der Waals surface area contributed by atoms with Crippen molar-refractivity contribution in [3.63, 3.8) is 0 Å². The van der Waals surface area contributed by atoms with Crippen LogP contribution in [0, 0.1) is 0 Å². The van der Waals surface area contributed by atoms with Crippen LogP contribution in [-0.4, -0.2) is 61.3 Å². The fourth-order valence-corrected chi connectivity index (χ4v) is 5.50. The molecule has 0 N–H and O–H groups in total. The Balaban J connectivity index is 1.39. The van der Waals surface area contributed by atoms with Gasteiger partial charge in [0.1, 0.15) is 0 Å². The van der Waals surface area contributed by atoms with Gasteiger partial charge in [-0.3, -0.25) is 9.88 Å². The van der Waals surface area contributed by atoms with Crippen LogP contribution in [0.2, 0.25) is 0 Å². The zero-order valence-corrected chi connectivity index (χ0v) is 21.6. The second-order valence-corrected chi connectivity index (χ2v) is 11.7. The second-order valence-electron chi connectivity index (χ2n) is 9.68. The quantitative estimate of drug-likeness (QED) is 0.402. The largest absolute Gasteiger partial charge is 0.369 e. The third kappa shape index (κ3) is 4.70. The van der Waals surface area contributed by atoms with Crippen molar-refractivity contribution in [1.29, 1.82) is 0 Å². The summed E-state index contributed by atoms with van der Waals surface area (Å²) in [6, 6.07) is 20.6. The van der Waals surface area contributed by atoms with Gasteiger partial charge in [-0.15, -0.1) is 0 Å². The molecular formula is C28H32N4O2S. The van der Waals surface area contributed by atoms with Crippen molar-refractivity contribution in [2.45, 2.75) is 24.8 Å². The lowest BCUT2D eigenvalue weighted by Gasteiger charge is -2.38. The van der Waals surface area contributed by atoms with Gasteiger partial charge >= 0.3 is 0 Å². The predicted molar refractivity (Wildman–Crippen MR) is 144 cm³/mol. The highest BCUT2D eigenvalue weighted by Gasteiger charge is 2.19. The van der Waals surface area contributed by atoms with Gasteiger partial charge in [-0.05, 0) is 61.4 Å². The van der Waals surface area contributed by atoms with Crippen molar-refractivity contribution >= 4 is 26.6 Å². The van der Waals surface area contributed by atoms with E-state index in [0.717, 1.165) is 59.6 Å². The predicted octanol–water partition coefficient (Wildman–Crippen LogP) is 4.84. The summed E-state index contributed by atoms with van der Waals surface area (Å²) in [6.45, 7) is 8.85. The SMILES string of the molecule is CC(C)N1CCN(c2ccc(-c3cnc4cc(-c5ccc(S(C)(=O)=O)cc5)n(C)c4c3)cc2)CC1. The monoisotopic (exact) mass is 488 g/mol. The summed E-state index contributed by atoms with van der Waals surface area (Å²) >= 11 is 0. The summed E-state index contributed by atoms with van der Waals surface area (Å²) in [7, 11) is -1.19. The van der Waals surface area contributed by atoms with Crippen LogP contribution >= 0.6 is 0 Å². The molecule has 5 rings (SSSR count). The van der Waals surface area contributed by atoms with Gasteiger partial charge < -0.3 is 9.47 Å². The number of aromatic nitrogens is 2. The molecule has 182 valence electrons. The van der Waals surface area contributed by atoms with Gasteiger partial charge in [0.15, 0.2) is 9.84 Å². The Bertz CT molecular complexity index is 1450. The summed E-state index contributed by atoms with van der Waals surface area (Å²) < 4.78 is 25.7. The molecule has 3 heterocycles. The molecule has 0 aliphatic carbocycles. The Labute approximate surface area is 207 Å². The molecule has 35 heavy (non-hydrogen) atoms. The molecule has 4 aromatic rings. The molecule has 1 fully saturated rings. The van der Waals surface area contributed by atoms with Crippen LogP contribution in [0.3, 0.4) is 0 Å². The van der Waals surface area contributed by atoms with E-state index < -0.39 is 9.84 Å². The van der Waals surface area contributed by atoms with Gasteiger partial charge in [-0.2, -0.15) is 0 Å². The van der Waals surface area contributed by atoms with E-state index >= 15 is 0 Å². The lowest BCUT2D eigenvalue weighted by molar-refractivity contribution is 0.209. The van der Waals surface area contributed by atoms with Crippen LogP contribution in [0.4, 0.5) is 5.69 Å². The second kappa shape index (κ2) is 9.13. The summed E-state index contributed by atoms with van der Waals surface area (Å²) in [5.41, 5.74) is 7.40. The van der Waals surface area contributed by atoms with E-state index in [1.54, 1.807) is 12.1 Å². The third-order valence-electron chi connectivity index (χ3n) is 7.08. The Morgan fingerprint density at radius 1 is 0.829 bits per heavy atom. The Hall–Kier alpha value is -3.16. The molecule has 1 aliphatic rings. The number of nitrogens with zero attached hydrogens (tertiary/aromatic N) is 4. The van der Waals surface area contributed by atoms with E-state index in [0.29, 0.717) is 10.9 Å². The maximum atomic E-state index is 11.8. The van der Waals surface area contributed by atoms with E-state index in [1.165, 1.54) is 11.9 Å². The molecule has 7 heteroatoms. The van der Waals surface area contributed by atoms with Crippen LogP contribution in [0.25, 0.3) is 33.4 Å². The number of sulfone groups is 1. The van der Waals surface area contributed by atoms with E-state index in [-0.39, 0.29) is 0 Å². The molecule has 2 aromatic heterocycles. The van der Waals surface area contributed by atoms with Gasteiger partial charge in [0.2, 0.25) is 0 Å². The normalized spacial score (nSPS) is 15.3. The van der Waals surface area contributed by atoms with Crippen LogP contribution in [-0.2, 0) is 16.9 Å². The lowest BCUT2D eigenvalue weighted by Crippen LogP contribution is -2.48. The van der Waals surface area contributed by atoms with Crippen molar-refractivity contribution in [3.05, 3.63) is 66.9 Å². The molecule has 0 atom stereocenters. The van der Waals surface area contributed by atoms with Crippen molar-refractivity contribution in [3.8, 4) is 22.4 Å². The minimum absolute atomic E-state index is 0.325. The molecule has 6 nitrogen and oxygen atoms in total.